The third-order valence-corrected chi connectivity index (χ3v) is 3.35. The van der Waals surface area contributed by atoms with E-state index in [0.717, 1.165) is 25.9 Å². The Balaban J connectivity index is 1.99. The largest absolute Gasteiger partial charge is 0.299 e. The highest BCUT2D eigenvalue weighted by atomic mass is 19.1. The minimum atomic E-state index is -0.323. The maximum Gasteiger partial charge on any atom is 0.129 e. The molecule has 18 heavy (non-hydrogen) atoms. The monoisotopic (exact) mass is 243 g/mol. The fourth-order valence-corrected chi connectivity index (χ4v) is 2.21. The van der Waals surface area contributed by atoms with Crippen LogP contribution in [0.25, 0.3) is 0 Å². The molecule has 1 fully saturated rings. The molecule has 0 aliphatic carbocycles. The molecule has 1 aliphatic heterocycles. The smallest absolute Gasteiger partial charge is 0.129 e. The van der Waals surface area contributed by atoms with Crippen molar-refractivity contribution >= 4 is 0 Å². The Labute approximate surface area is 106 Å². The van der Waals surface area contributed by atoms with Gasteiger partial charge in [0.1, 0.15) is 5.82 Å². The normalized spacial score (nSPS) is 17.1. The van der Waals surface area contributed by atoms with Crippen LogP contribution in [-0.4, -0.2) is 18.0 Å². The van der Waals surface area contributed by atoms with Crippen LogP contribution < -0.4 is 0 Å². The molecule has 92 valence electrons. The highest BCUT2D eigenvalue weighted by Crippen LogP contribution is 2.19. The second-order valence-corrected chi connectivity index (χ2v) is 4.60. The zero-order chi connectivity index (χ0) is 13.0. The number of nitriles is 2. The number of halogens is 1. The van der Waals surface area contributed by atoms with Crippen molar-refractivity contribution in [3.8, 4) is 12.1 Å². The lowest BCUT2D eigenvalue weighted by atomic mass is 9.98. The number of likely N-dealkylation sites (tertiary alicyclic amines) is 1. The Morgan fingerprint density at radius 3 is 2.56 bits per heavy atom. The van der Waals surface area contributed by atoms with Gasteiger partial charge in [-0.15, -0.1) is 0 Å². The van der Waals surface area contributed by atoms with Crippen LogP contribution in [0.15, 0.2) is 18.2 Å². The maximum absolute atomic E-state index is 13.7. The Morgan fingerprint density at radius 2 is 2.00 bits per heavy atom. The molecule has 0 atom stereocenters. The number of piperidine rings is 1. The molecule has 0 aromatic heterocycles. The third-order valence-electron chi connectivity index (χ3n) is 3.35. The summed E-state index contributed by atoms with van der Waals surface area (Å²) in [5.74, 6) is -0.177. The van der Waals surface area contributed by atoms with E-state index in [1.807, 2.05) is 6.07 Å². The van der Waals surface area contributed by atoms with E-state index in [1.54, 1.807) is 12.1 Å². The summed E-state index contributed by atoms with van der Waals surface area (Å²) in [4.78, 5) is 2.15. The van der Waals surface area contributed by atoms with Gasteiger partial charge in [-0.3, -0.25) is 4.90 Å². The molecule has 1 saturated heterocycles. The van der Waals surface area contributed by atoms with Gasteiger partial charge in [-0.05, 0) is 38.1 Å². The lowest BCUT2D eigenvalue weighted by Crippen LogP contribution is -2.33. The highest BCUT2D eigenvalue weighted by Gasteiger charge is 2.19. The van der Waals surface area contributed by atoms with E-state index in [4.69, 9.17) is 10.5 Å². The van der Waals surface area contributed by atoms with Crippen molar-refractivity contribution in [2.75, 3.05) is 13.1 Å². The fourth-order valence-electron chi connectivity index (χ4n) is 2.21. The first-order chi connectivity index (χ1) is 8.72. The molecule has 1 aromatic rings. The van der Waals surface area contributed by atoms with Crippen molar-refractivity contribution in [1.82, 2.24) is 4.90 Å². The third kappa shape index (κ3) is 2.85. The van der Waals surface area contributed by atoms with Crippen molar-refractivity contribution in [2.24, 2.45) is 5.92 Å². The second-order valence-electron chi connectivity index (χ2n) is 4.60. The molecule has 1 aliphatic rings. The van der Waals surface area contributed by atoms with Crippen molar-refractivity contribution in [1.29, 1.82) is 10.5 Å². The van der Waals surface area contributed by atoms with Gasteiger partial charge in [0.25, 0.3) is 0 Å². The number of hydrogen-bond acceptors (Lipinski definition) is 3. The molecule has 1 heterocycles. The van der Waals surface area contributed by atoms with Crippen LogP contribution in [0.4, 0.5) is 4.39 Å². The van der Waals surface area contributed by atoms with Crippen LogP contribution in [0.1, 0.15) is 24.0 Å². The number of hydrogen-bond donors (Lipinski definition) is 0. The van der Waals surface area contributed by atoms with E-state index >= 15 is 0 Å². The molecule has 0 radical (unpaired) electrons. The first-order valence-corrected chi connectivity index (χ1v) is 6.03. The average molecular weight is 243 g/mol. The van der Waals surface area contributed by atoms with E-state index in [9.17, 15) is 4.39 Å². The van der Waals surface area contributed by atoms with Crippen molar-refractivity contribution in [2.45, 2.75) is 19.4 Å². The average Bonchev–Trinajstić information content (AvgIpc) is 2.42. The molecule has 4 heteroatoms. The predicted octanol–water partition coefficient (Wildman–Crippen LogP) is 2.43. The van der Waals surface area contributed by atoms with Gasteiger partial charge in [0.2, 0.25) is 0 Å². The van der Waals surface area contributed by atoms with Gasteiger partial charge in [-0.25, -0.2) is 4.39 Å². The summed E-state index contributed by atoms with van der Waals surface area (Å²) in [5.41, 5.74) is 0.962. The molecular weight excluding hydrogens is 229 g/mol. The van der Waals surface area contributed by atoms with Gasteiger partial charge in [0, 0.05) is 18.0 Å². The van der Waals surface area contributed by atoms with Gasteiger partial charge in [0.15, 0.2) is 0 Å². The van der Waals surface area contributed by atoms with Crippen LogP contribution >= 0.6 is 0 Å². The Kier molecular flexibility index (Phi) is 3.92. The zero-order valence-electron chi connectivity index (χ0n) is 10.1. The molecule has 3 nitrogen and oxygen atoms in total. The van der Waals surface area contributed by atoms with Crippen LogP contribution in [0.3, 0.4) is 0 Å². The van der Waals surface area contributed by atoms with Crippen LogP contribution in [0, 0.1) is 34.4 Å². The Hall–Kier alpha value is -1.91. The van der Waals surface area contributed by atoms with Gasteiger partial charge >= 0.3 is 0 Å². The molecule has 0 spiro atoms. The fraction of sp³-hybridized carbons (Fsp3) is 0.429. The van der Waals surface area contributed by atoms with Gasteiger partial charge in [-0.2, -0.15) is 10.5 Å². The number of nitrogens with zero attached hydrogens (tertiary/aromatic N) is 3. The van der Waals surface area contributed by atoms with Crippen LogP contribution in [0.5, 0.6) is 0 Å². The Bertz CT molecular complexity index is 505. The second kappa shape index (κ2) is 5.62. The lowest BCUT2D eigenvalue weighted by Gasteiger charge is -2.29. The summed E-state index contributed by atoms with van der Waals surface area (Å²) in [6.07, 6.45) is 1.71. The number of rotatable bonds is 2. The van der Waals surface area contributed by atoms with Gasteiger partial charge in [-0.1, -0.05) is 6.07 Å². The minimum absolute atomic E-state index is 0.145. The Morgan fingerprint density at radius 1 is 1.28 bits per heavy atom. The van der Waals surface area contributed by atoms with E-state index in [2.05, 4.69) is 11.0 Å². The quantitative estimate of drug-likeness (QED) is 0.801. The van der Waals surface area contributed by atoms with Crippen LogP contribution in [-0.2, 0) is 6.54 Å². The summed E-state index contributed by atoms with van der Waals surface area (Å²) in [6, 6.07) is 8.79. The first kappa shape index (κ1) is 12.5. The zero-order valence-corrected chi connectivity index (χ0v) is 10.1. The first-order valence-electron chi connectivity index (χ1n) is 6.03. The molecule has 0 unspecified atom stereocenters. The molecule has 0 amide bonds. The molecule has 2 rings (SSSR count). The topological polar surface area (TPSA) is 50.8 Å². The van der Waals surface area contributed by atoms with Crippen molar-refractivity contribution < 1.29 is 4.39 Å². The molecule has 1 aromatic carbocycles. The maximum atomic E-state index is 13.7. The van der Waals surface area contributed by atoms with Gasteiger partial charge < -0.3 is 0 Å². The number of benzene rings is 1. The lowest BCUT2D eigenvalue weighted by molar-refractivity contribution is 0.196. The SMILES string of the molecule is N#Cc1ccc(CN2CCC(C#N)CC2)c(F)c1. The van der Waals surface area contributed by atoms with E-state index in [1.165, 1.54) is 6.07 Å². The standard InChI is InChI=1S/C14H14FN3/c15-14-7-12(9-17)1-2-13(14)10-18-5-3-11(8-16)4-6-18/h1-2,7,11H,3-6,10H2. The molecule has 0 bridgehead atoms. The minimum Gasteiger partial charge on any atom is -0.299 e. The van der Waals surface area contributed by atoms with E-state index in [-0.39, 0.29) is 11.7 Å². The van der Waals surface area contributed by atoms with Crippen LogP contribution in [0.2, 0.25) is 0 Å². The summed E-state index contributed by atoms with van der Waals surface area (Å²) >= 11 is 0. The van der Waals surface area contributed by atoms with Crippen molar-refractivity contribution in [3.05, 3.63) is 35.1 Å². The summed E-state index contributed by atoms with van der Waals surface area (Å²) < 4.78 is 13.7. The summed E-state index contributed by atoms with van der Waals surface area (Å²) in [7, 11) is 0. The van der Waals surface area contributed by atoms with E-state index in [0.29, 0.717) is 17.7 Å². The van der Waals surface area contributed by atoms with Crippen molar-refractivity contribution in [3.63, 3.8) is 0 Å². The van der Waals surface area contributed by atoms with Gasteiger partial charge in [0.05, 0.1) is 17.7 Å². The summed E-state index contributed by atoms with van der Waals surface area (Å²) in [6.45, 7) is 2.21. The molecular formula is C14H14FN3. The predicted molar refractivity (Wildman–Crippen MR) is 64.7 cm³/mol. The highest BCUT2D eigenvalue weighted by molar-refractivity contribution is 5.32. The summed E-state index contributed by atoms with van der Waals surface area (Å²) in [5, 5.41) is 17.5. The molecule has 0 N–H and O–H groups in total. The van der Waals surface area contributed by atoms with E-state index < -0.39 is 0 Å². The molecule has 0 saturated carbocycles.